The molecule has 0 aliphatic carbocycles. The highest BCUT2D eigenvalue weighted by atomic mass is 16.5. The maximum atomic E-state index is 12.3. The molecule has 5 heteroatoms. The van der Waals surface area contributed by atoms with Gasteiger partial charge < -0.3 is 19.0 Å². The Labute approximate surface area is 128 Å². The van der Waals surface area contributed by atoms with Crippen LogP contribution in [0.15, 0.2) is 33.0 Å². The van der Waals surface area contributed by atoms with Gasteiger partial charge in [-0.1, -0.05) is 11.6 Å². The molecule has 0 aliphatic rings. The lowest BCUT2D eigenvalue weighted by atomic mass is 10.0. The molecule has 0 spiro atoms. The number of aliphatic hydroxyl groups is 1. The van der Waals surface area contributed by atoms with E-state index in [0.717, 1.165) is 11.1 Å². The van der Waals surface area contributed by atoms with Crippen molar-refractivity contribution in [3.05, 3.63) is 45.3 Å². The summed E-state index contributed by atoms with van der Waals surface area (Å²) in [5.41, 5.74) is 2.05. The van der Waals surface area contributed by atoms with Crippen LogP contribution in [0, 0.1) is 0 Å². The van der Waals surface area contributed by atoms with Crippen molar-refractivity contribution < 1.29 is 19.0 Å². The van der Waals surface area contributed by atoms with Gasteiger partial charge in [0.05, 0.1) is 14.2 Å². The van der Waals surface area contributed by atoms with Crippen LogP contribution in [-0.2, 0) is 13.0 Å². The fourth-order valence-electron chi connectivity index (χ4n) is 2.34. The van der Waals surface area contributed by atoms with Gasteiger partial charge in [0.25, 0.3) is 0 Å². The number of methoxy groups -OCH3 is 2. The Morgan fingerprint density at radius 3 is 2.55 bits per heavy atom. The summed E-state index contributed by atoms with van der Waals surface area (Å²) in [5.74, 6) is 1.24. The molecule has 118 valence electrons. The van der Waals surface area contributed by atoms with Gasteiger partial charge in [-0.05, 0) is 20.3 Å². The number of fused-ring (bicyclic) bond motifs is 1. The fraction of sp³-hybridized carbons (Fsp3) is 0.353. The molecule has 0 radical (unpaired) electrons. The van der Waals surface area contributed by atoms with Crippen LogP contribution in [0.4, 0.5) is 0 Å². The topological polar surface area (TPSA) is 68.9 Å². The lowest BCUT2D eigenvalue weighted by molar-refractivity contribution is 0.248. The van der Waals surface area contributed by atoms with E-state index in [0.29, 0.717) is 28.9 Å². The highest BCUT2D eigenvalue weighted by Gasteiger charge is 2.18. The van der Waals surface area contributed by atoms with E-state index in [-0.39, 0.29) is 17.8 Å². The standard InChI is InChI=1S/C17H20O5/c1-10(2)5-6-12-14(20-3)8-15-16(17(12)21-4)13(19)7-11(9-18)22-15/h5,7-8,18H,6,9H2,1-4H3. The van der Waals surface area contributed by atoms with Crippen molar-refractivity contribution in [1.29, 1.82) is 0 Å². The first-order valence-electron chi connectivity index (χ1n) is 6.96. The zero-order valence-corrected chi connectivity index (χ0v) is 13.2. The van der Waals surface area contributed by atoms with Crippen molar-refractivity contribution in [3.63, 3.8) is 0 Å². The monoisotopic (exact) mass is 304 g/mol. The third-order valence-electron chi connectivity index (χ3n) is 3.38. The van der Waals surface area contributed by atoms with Crippen molar-refractivity contribution >= 4 is 11.0 Å². The fourth-order valence-corrected chi connectivity index (χ4v) is 2.34. The number of allylic oxidation sites excluding steroid dienone is 2. The van der Waals surface area contributed by atoms with Gasteiger partial charge in [-0.25, -0.2) is 0 Å². The summed E-state index contributed by atoms with van der Waals surface area (Å²) < 4.78 is 16.4. The lowest BCUT2D eigenvalue weighted by Crippen LogP contribution is -2.07. The first-order chi connectivity index (χ1) is 10.5. The zero-order chi connectivity index (χ0) is 16.3. The van der Waals surface area contributed by atoms with Crippen LogP contribution >= 0.6 is 0 Å². The molecule has 0 aliphatic heterocycles. The van der Waals surface area contributed by atoms with E-state index in [1.807, 2.05) is 19.9 Å². The van der Waals surface area contributed by atoms with Crippen LogP contribution in [0.3, 0.4) is 0 Å². The van der Waals surface area contributed by atoms with E-state index >= 15 is 0 Å². The molecular formula is C17H20O5. The van der Waals surface area contributed by atoms with E-state index in [1.165, 1.54) is 13.2 Å². The van der Waals surface area contributed by atoms with Crippen LogP contribution in [0.2, 0.25) is 0 Å². The third-order valence-corrected chi connectivity index (χ3v) is 3.38. The smallest absolute Gasteiger partial charge is 0.196 e. The van der Waals surface area contributed by atoms with Crippen molar-refractivity contribution in [2.45, 2.75) is 26.9 Å². The van der Waals surface area contributed by atoms with Crippen LogP contribution in [0.1, 0.15) is 25.2 Å². The molecule has 1 aromatic heterocycles. The molecule has 22 heavy (non-hydrogen) atoms. The number of hydrogen-bond donors (Lipinski definition) is 1. The van der Waals surface area contributed by atoms with Gasteiger partial charge in [-0.3, -0.25) is 4.79 Å². The summed E-state index contributed by atoms with van der Waals surface area (Å²) in [6.07, 6.45) is 2.63. The molecular weight excluding hydrogens is 284 g/mol. The molecule has 0 bridgehead atoms. The molecule has 0 unspecified atom stereocenters. The summed E-state index contributed by atoms with van der Waals surface area (Å²) in [4.78, 5) is 12.3. The van der Waals surface area contributed by atoms with Crippen molar-refractivity contribution in [1.82, 2.24) is 0 Å². The second-order valence-electron chi connectivity index (χ2n) is 5.18. The average Bonchev–Trinajstić information content (AvgIpc) is 2.50. The molecule has 0 atom stereocenters. The van der Waals surface area contributed by atoms with Gasteiger partial charge in [-0.2, -0.15) is 0 Å². The average molecular weight is 304 g/mol. The molecule has 0 fully saturated rings. The predicted molar refractivity (Wildman–Crippen MR) is 84.6 cm³/mol. The molecule has 2 aromatic rings. The maximum absolute atomic E-state index is 12.3. The normalized spacial score (nSPS) is 10.6. The van der Waals surface area contributed by atoms with Crippen molar-refractivity contribution in [2.75, 3.05) is 14.2 Å². The minimum atomic E-state index is -0.338. The largest absolute Gasteiger partial charge is 0.496 e. The number of aliphatic hydroxyl groups excluding tert-OH is 1. The number of rotatable bonds is 5. The molecule has 1 aromatic carbocycles. The molecule has 1 N–H and O–H groups in total. The predicted octanol–water partition coefficient (Wildman–Crippen LogP) is 2.81. The van der Waals surface area contributed by atoms with E-state index in [2.05, 4.69) is 0 Å². The lowest BCUT2D eigenvalue weighted by Gasteiger charge is -2.14. The highest BCUT2D eigenvalue weighted by molar-refractivity contribution is 5.87. The third kappa shape index (κ3) is 2.99. The minimum absolute atomic E-state index is 0.207. The molecule has 0 amide bonds. The van der Waals surface area contributed by atoms with Crippen LogP contribution in [-0.4, -0.2) is 19.3 Å². The quantitative estimate of drug-likeness (QED) is 0.860. The summed E-state index contributed by atoms with van der Waals surface area (Å²) >= 11 is 0. The van der Waals surface area contributed by atoms with E-state index in [9.17, 15) is 9.90 Å². The van der Waals surface area contributed by atoms with Gasteiger partial charge >= 0.3 is 0 Å². The number of benzene rings is 1. The maximum Gasteiger partial charge on any atom is 0.196 e. The van der Waals surface area contributed by atoms with Gasteiger partial charge in [0.1, 0.15) is 34.8 Å². The Hall–Kier alpha value is -2.27. The summed E-state index contributed by atoms with van der Waals surface area (Å²) in [5, 5.41) is 9.53. The second kappa shape index (κ2) is 6.66. The number of hydrogen-bond acceptors (Lipinski definition) is 5. The van der Waals surface area contributed by atoms with Gasteiger partial charge in [-0.15, -0.1) is 0 Å². The summed E-state index contributed by atoms with van der Waals surface area (Å²) in [6.45, 7) is 3.67. The SMILES string of the molecule is COc1cc2oc(CO)cc(=O)c2c(OC)c1CC=C(C)C. The van der Waals surface area contributed by atoms with Crippen molar-refractivity contribution in [3.8, 4) is 11.5 Å². The zero-order valence-electron chi connectivity index (χ0n) is 13.2. The minimum Gasteiger partial charge on any atom is -0.496 e. The Balaban J connectivity index is 2.81. The second-order valence-corrected chi connectivity index (χ2v) is 5.18. The first-order valence-corrected chi connectivity index (χ1v) is 6.96. The van der Waals surface area contributed by atoms with Gasteiger partial charge in [0, 0.05) is 17.7 Å². The van der Waals surface area contributed by atoms with Crippen LogP contribution in [0.25, 0.3) is 11.0 Å². The Kier molecular flexibility index (Phi) is 4.88. The van der Waals surface area contributed by atoms with E-state index in [1.54, 1.807) is 13.2 Å². The Morgan fingerprint density at radius 2 is 2.00 bits per heavy atom. The summed E-state index contributed by atoms with van der Waals surface area (Å²) in [6, 6.07) is 2.94. The number of ether oxygens (including phenoxy) is 2. The van der Waals surface area contributed by atoms with E-state index < -0.39 is 0 Å². The Morgan fingerprint density at radius 1 is 1.27 bits per heavy atom. The highest BCUT2D eigenvalue weighted by Crippen LogP contribution is 2.36. The molecule has 1 heterocycles. The Bertz CT molecular complexity index is 767. The first kappa shape index (κ1) is 16.1. The van der Waals surface area contributed by atoms with Crippen molar-refractivity contribution in [2.24, 2.45) is 0 Å². The summed E-state index contributed by atoms with van der Waals surface area (Å²) in [7, 11) is 3.07. The molecule has 0 saturated carbocycles. The molecule has 2 rings (SSSR count). The van der Waals surface area contributed by atoms with Gasteiger partial charge in [0.15, 0.2) is 5.43 Å². The molecule has 0 saturated heterocycles. The van der Waals surface area contributed by atoms with Crippen LogP contribution in [0.5, 0.6) is 11.5 Å². The van der Waals surface area contributed by atoms with E-state index in [4.69, 9.17) is 13.9 Å². The molecule has 5 nitrogen and oxygen atoms in total. The van der Waals surface area contributed by atoms with Crippen LogP contribution < -0.4 is 14.9 Å². The van der Waals surface area contributed by atoms with Gasteiger partial charge in [0.2, 0.25) is 0 Å².